The van der Waals surface area contributed by atoms with Crippen molar-refractivity contribution >= 4 is 29.9 Å². The summed E-state index contributed by atoms with van der Waals surface area (Å²) < 4.78 is 50.4. The lowest BCUT2D eigenvalue weighted by atomic mass is 10.1. The first kappa shape index (κ1) is 23.9. The predicted molar refractivity (Wildman–Crippen MR) is 103 cm³/mol. The summed E-state index contributed by atoms with van der Waals surface area (Å²) in [6.45, 7) is 3.11. The molecule has 0 amide bonds. The van der Waals surface area contributed by atoms with Gasteiger partial charge in [0.15, 0.2) is 5.96 Å². The van der Waals surface area contributed by atoms with E-state index in [2.05, 4.69) is 15.6 Å². The average molecular weight is 476 g/mol. The molecule has 0 aliphatic carbocycles. The van der Waals surface area contributed by atoms with Gasteiger partial charge in [0.05, 0.1) is 12.6 Å². The van der Waals surface area contributed by atoms with Crippen molar-refractivity contribution in [2.75, 3.05) is 33.7 Å². The first-order valence-corrected chi connectivity index (χ1v) is 7.61. The van der Waals surface area contributed by atoms with E-state index >= 15 is 0 Å². The first-order chi connectivity index (χ1) is 11.1. The molecule has 0 aromatic heterocycles. The van der Waals surface area contributed by atoms with E-state index < -0.39 is 12.7 Å². The van der Waals surface area contributed by atoms with Crippen LogP contribution in [0.5, 0.6) is 0 Å². The highest BCUT2D eigenvalue weighted by atomic mass is 127. The van der Waals surface area contributed by atoms with Gasteiger partial charge in [-0.1, -0.05) is 12.1 Å². The SMILES string of the molecule is CN=C(NCCN(C)CC(F)(F)F)NC(C)c1ccc(C)c(F)c1.I. The van der Waals surface area contributed by atoms with Crippen LogP contribution in [0.25, 0.3) is 0 Å². The second-order valence-corrected chi connectivity index (χ2v) is 5.73. The van der Waals surface area contributed by atoms with Crippen LogP contribution in [-0.4, -0.2) is 50.8 Å². The number of nitrogens with one attached hydrogen (secondary N) is 2. The van der Waals surface area contributed by atoms with Gasteiger partial charge in [-0.15, -0.1) is 24.0 Å². The lowest BCUT2D eigenvalue weighted by Gasteiger charge is -2.21. The van der Waals surface area contributed by atoms with Crippen LogP contribution in [0, 0.1) is 12.7 Å². The fraction of sp³-hybridized carbons (Fsp3) is 0.562. The summed E-state index contributed by atoms with van der Waals surface area (Å²) in [7, 11) is 2.97. The Morgan fingerprint density at radius 1 is 1.32 bits per heavy atom. The minimum Gasteiger partial charge on any atom is -0.355 e. The predicted octanol–water partition coefficient (Wildman–Crippen LogP) is 3.47. The van der Waals surface area contributed by atoms with Gasteiger partial charge in [0.2, 0.25) is 0 Å². The Morgan fingerprint density at radius 2 is 1.96 bits per heavy atom. The zero-order chi connectivity index (χ0) is 18.3. The second kappa shape index (κ2) is 10.8. The average Bonchev–Trinajstić information content (AvgIpc) is 2.46. The van der Waals surface area contributed by atoms with Crippen LogP contribution in [0.4, 0.5) is 17.6 Å². The summed E-state index contributed by atoms with van der Waals surface area (Å²) in [5.74, 6) is 0.168. The van der Waals surface area contributed by atoms with Crippen LogP contribution in [0.2, 0.25) is 0 Å². The normalized spacial score (nSPS) is 13.4. The Morgan fingerprint density at radius 3 is 2.48 bits per heavy atom. The Kier molecular flexibility index (Phi) is 10.3. The van der Waals surface area contributed by atoms with Crippen LogP contribution < -0.4 is 10.6 Å². The molecule has 0 fully saturated rings. The molecule has 1 rings (SSSR count). The maximum Gasteiger partial charge on any atom is 0.401 e. The molecule has 0 radical (unpaired) electrons. The van der Waals surface area contributed by atoms with Crippen LogP contribution in [0.15, 0.2) is 23.2 Å². The lowest BCUT2D eigenvalue weighted by molar-refractivity contribution is -0.142. The molecular formula is C16H25F4IN4. The van der Waals surface area contributed by atoms with E-state index in [1.165, 1.54) is 18.0 Å². The van der Waals surface area contributed by atoms with Crippen molar-refractivity contribution in [1.82, 2.24) is 15.5 Å². The van der Waals surface area contributed by atoms with Crippen molar-refractivity contribution in [2.45, 2.75) is 26.1 Å². The van der Waals surface area contributed by atoms with Crippen molar-refractivity contribution in [3.05, 3.63) is 35.1 Å². The third-order valence-corrected chi connectivity index (χ3v) is 3.51. The standard InChI is InChI=1S/C16H24F4N4.HI/c1-11-5-6-13(9-14(11)17)12(2)23-15(21-3)22-7-8-24(4)10-16(18,19)20;/h5-6,9,12H,7-8,10H2,1-4H3,(H2,21,22,23);1H. The molecule has 0 spiro atoms. The summed E-state index contributed by atoms with van der Waals surface area (Å²) in [6.07, 6.45) is -4.21. The highest BCUT2D eigenvalue weighted by Crippen LogP contribution is 2.16. The number of nitrogens with zero attached hydrogens (tertiary/aromatic N) is 2. The Bertz CT molecular complexity index is 564. The maximum atomic E-state index is 13.6. The van der Waals surface area contributed by atoms with E-state index in [0.717, 1.165) is 5.56 Å². The molecule has 1 aromatic carbocycles. The van der Waals surface area contributed by atoms with Gasteiger partial charge in [-0.05, 0) is 38.1 Å². The number of aryl methyl sites for hydroxylation is 1. The Hall–Kier alpha value is -1.10. The largest absolute Gasteiger partial charge is 0.401 e. The smallest absolute Gasteiger partial charge is 0.355 e. The number of aliphatic imine (C=N–C) groups is 1. The molecule has 0 aliphatic heterocycles. The minimum atomic E-state index is -4.21. The minimum absolute atomic E-state index is 0. The Labute approximate surface area is 163 Å². The molecule has 2 N–H and O–H groups in total. The summed E-state index contributed by atoms with van der Waals surface area (Å²) >= 11 is 0. The number of rotatable bonds is 6. The Balaban J connectivity index is 0.00000576. The monoisotopic (exact) mass is 476 g/mol. The van der Waals surface area contributed by atoms with Crippen molar-refractivity contribution in [1.29, 1.82) is 0 Å². The third-order valence-electron chi connectivity index (χ3n) is 3.51. The van der Waals surface area contributed by atoms with E-state index in [-0.39, 0.29) is 42.4 Å². The number of benzene rings is 1. The van der Waals surface area contributed by atoms with E-state index in [1.54, 1.807) is 20.0 Å². The number of halogens is 5. The van der Waals surface area contributed by atoms with Crippen molar-refractivity contribution in [2.24, 2.45) is 4.99 Å². The molecule has 4 nitrogen and oxygen atoms in total. The van der Waals surface area contributed by atoms with Crippen molar-refractivity contribution < 1.29 is 17.6 Å². The molecule has 144 valence electrons. The van der Waals surface area contributed by atoms with Crippen LogP contribution in [0.3, 0.4) is 0 Å². The van der Waals surface area contributed by atoms with Crippen LogP contribution in [-0.2, 0) is 0 Å². The molecule has 0 saturated carbocycles. The number of hydrogen-bond donors (Lipinski definition) is 2. The van der Waals surface area contributed by atoms with E-state index in [4.69, 9.17) is 0 Å². The summed E-state index contributed by atoms with van der Waals surface area (Å²) in [5.41, 5.74) is 1.33. The molecule has 1 atom stereocenters. The first-order valence-electron chi connectivity index (χ1n) is 7.61. The van der Waals surface area contributed by atoms with Gasteiger partial charge in [0.1, 0.15) is 5.82 Å². The van der Waals surface area contributed by atoms with Gasteiger partial charge >= 0.3 is 6.18 Å². The summed E-state index contributed by atoms with van der Waals surface area (Å²) in [4.78, 5) is 5.20. The zero-order valence-corrected chi connectivity index (χ0v) is 17.1. The number of alkyl halides is 3. The highest BCUT2D eigenvalue weighted by Gasteiger charge is 2.28. The molecule has 0 aliphatic rings. The second-order valence-electron chi connectivity index (χ2n) is 5.73. The van der Waals surface area contributed by atoms with Gasteiger partial charge < -0.3 is 10.6 Å². The molecule has 9 heteroatoms. The number of guanidine groups is 1. The van der Waals surface area contributed by atoms with Crippen LogP contribution in [0.1, 0.15) is 24.1 Å². The fourth-order valence-electron chi connectivity index (χ4n) is 2.11. The highest BCUT2D eigenvalue weighted by molar-refractivity contribution is 14.0. The third kappa shape index (κ3) is 9.24. The van der Waals surface area contributed by atoms with Crippen LogP contribution >= 0.6 is 24.0 Å². The summed E-state index contributed by atoms with van der Waals surface area (Å²) in [6, 6.07) is 4.78. The molecule has 0 bridgehead atoms. The summed E-state index contributed by atoms with van der Waals surface area (Å²) in [5, 5.41) is 6.03. The molecule has 25 heavy (non-hydrogen) atoms. The van der Waals surface area contributed by atoms with E-state index in [0.29, 0.717) is 18.1 Å². The molecule has 0 heterocycles. The van der Waals surface area contributed by atoms with Gasteiger partial charge in [-0.3, -0.25) is 9.89 Å². The van der Waals surface area contributed by atoms with Gasteiger partial charge in [-0.25, -0.2) is 4.39 Å². The molecular weight excluding hydrogens is 451 g/mol. The maximum absolute atomic E-state index is 13.6. The van der Waals surface area contributed by atoms with E-state index in [9.17, 15) is 17.6 Å². The number of likely N-dealkylation sites (N-methyl/N-ethyl adjacent to an activating group) is 1. The molecule has 0 saturated heterocycles. The molecule has 1 unspecified atom stereocenters. The van der Waals surface area contributed by atoms with Gasteiger partial charge in [0, 0.05) is 20.1 Å². The van der Waals surface area contributed by atoms with Crippen molar-refractivity contribution in [3.8, 4) is 0 Å². The molecule has 1 aromatic rings. The van der Waals surface area contributed by atoms with E-state index in [1.807, 2.05) is 13.0 Å². The fourth-order valence-corrected chi connectivity index (χ4v) is 2.11. The van der Waals surface area contributed by atoms with Gasteiger partial charge in [0.25, 0.3) is 0 Å². The lowest BCUT2D eigenvalue weighted by Crippen LogP contribution is -2.43. The number of hydrogen-bond acceptors (Lipinski definition) is 2. The van der Waals surface area contributed by atoms with Gasteiger partial charge in [-0.2, -0.15) is 13.2 Å². The quantitative estimate of drug-likeness (QED) is 0.286. The topological polar surface area (TPSA) is 39.7 Å². The van der Waals surface area contributed by atoms with Crippen molar-refractivity contribution in [3.63, 3.8) is 0 Å². The zero-order valence-electron chi connectivity index (χ0n) is 14.7.